The number of amides is 3. The molecule has 3 aliphatic heterocycles. The zero-order valence-electron chi connectivity index (χ0n) is 32.9. The van der Waals surface area contributed by atoms with Crippen LogP contribution in [0.3, 0.4) is 0 Å². The molecule has 1 N–H and O–H groups in total. The molecule has 1 aromatic carbocycles. The Hall–Kier alpha value is -4.08. The van der Waals surface area contributed by atoms with Crippen molar-refractivity contribution in [3.8, 4) is 0 Å². The summed E-state index contributed by atoms with van der Waals surface area (Å²) in [5.41, 5.74) is -0.512. The molecule has 0 radical (unpaired) electrons. The molecule has 5 rings (SSSR count). The van der Waals surface area contributed by atoms with Crippen molar-refractivity contribution in [1.82, 2.24) is 19.7 Å². The topological polar surface area (TPSA) is 111 Å². The molecule has 0 aliphatic carbocycles. The molecule has 1 aromatic heterocycles. The standard InChI is InChI=1S/C39H56F3N7O5S/c1-37(2,3)53-35(51)48-21-17-45(18-22-48)31-8-7-29(25-30(31)39(40,41)42)44-14-10-34(50)47-15-11-28(12-16-47)27-55-33-9-13-43-26-32(33)46-19-23-49(24-20-46)36(52)54-38(4,5)6/h7-9,13,25-26,28,44H,10-12,14-24,27H2,1-6H3. The number of anilines is 3. The van der Waals surface area contributed by atoms with Crippen molar-refractivity contribution in [3.05, 3.63) is 42.2 Å². The third kappa shape index (κ3) is 12.2. The molecule has 12 nitrogen and oxygen atoms in total. The van der Waals surface area contributed by atoms with E-state index < -0.39 is 29.0 Å². The Bertz CT molecular complexity index is 1630. The Morgan fingerprint density at radius 1 is 0.764 bits per heavy atom. The summed E-state index contributed by atoms with van der Waals surface area (Å²) in [5.74, 6) is 1.34. The van der Waals surface area contributed by atoms with Crippen LogP contribution in [0.2, 0.25) is 0 Å². The first kappa shape index (κ1) is 42.1. The number of piperazine rings is 2. The minimum atomic E-state index is -4.58. The van der Waals surface area contributed by atoms with E-state index in [0.29, 0.717) is 50.9 Å². The predicted octanol–water partition coefficient (Wildman–Crippen LogP) is 7.05. The number of nitrogens with one attached hydrogen (secondary N) is 1. The first-order valence-electron chi connectivity index (χ1n) is 19.1. The van der Waals surface area contributed by atoms with Gasteiger partial charge in [-0.3, -0.25) is 9.78 Å². The predicted molar refractivity (Wildman–Crippen MR) is 209 cm³/mol. The van der Waals surface area contributed by atoms with E-state index >= 15 is 0 Å². The summed E-state index contributed by atoms with van der Waals surface area (Å²) in [7, 11) is 0. The van der Waals surface area contributed by atoms with Crippen LogP contribution in [-0.2, 0) is 20.4 Å². The normalized spacial score (nSPS) is 17.7. The summed E-state index contributed by atoms with van der Waals surface area (Å²) in [6.45, 7) is 16.0. The fraction of sp³-hybridized carbons (Fsp3) is 0.641. The summed E-state index contributed by atoms with van der Waals surface area (Å²) in [6, 6.07) is 6.20. The number of carbonyl (C=O) groups excluding carboxylic acids is 3. The van der Waals surface area contributed by atoms with Crippen molar-refractivity contribution in [1.29, 1.82) is 0 Å². The van der Waals surface area contributed by atoms with Crippen molar-refractivity contribution in [2.45, 2.75) is 83.1 Å². The molecule has 3 saturated heterocycles. The van der Waals surface area contributed by atoms with Crippen molar-refractivity contribution < 1.29 is 37.0 Å². The average Bonchev–Trinajstić information content (AvgIpc) is 3.12. The third-order valence-corrected chi connectivity index (χ3v) is 11.0. The number of pyridine rings is 1. The van der Waals surface area contributed by atoms with Crippen LogP contribution in [0.5, 0.6) is 0 Å². The number of carbonyl (C=O) groups is 3. The minimum Gasteiger partial charge on any atom is -0.444 e. The van der Waals surface area contributed by atoms with E-state index in [0.717, 1.165) is 35.2 Å². The number of ether oxygens (including phenoxy) is 2. The summed E-state index contributed by atoms with van der Waals surface area (Å²) in [4.78, 5) is 52.6. The molecule has 4 heterocycles. The fourth-order valence-corrected chi connectivity index (χ4v) is 8.06. The first-order chi connectivity index (χ1) is 25.9. The Labute approximate surface area is 327 Å². The fourth-order valence-electron chi connectivity index (χ4n) is 6.82. The van der Waals surface area contributed by atoms with Gasteiger partial charge in [0.15, 0.2) is 0 Å². The van der Waals surface area contributed by atoms with Gasteiger partial charge in [-0.15, -0.1) is 11.8 Å². The van der Waals surface area contributed by atoms with Crippen LogP contribution in [0, 0.1) is 5.92 Å². The number of halogens is 3. The quantitative estimate of drug-likeness (QED) is 0.266. The van der Waals surface area contributed by atoms with Gasteiger partial charge in [-0.25, -0.2) is 9.59 Å². The van der Waals surface area contributed by atoms with Gasteiger partial charge < -0.3 is 39.3 Å². The lowest BCUT2D eigenvalue weighted by atomic mass is 9.99. The largest absolute Gasteiger partial charge is 0.444 e. The number of piperidine rings is 1. The maximum absolute atomic E-state index is 14.2. The summed E-state index contributed by atoms with van der Waals surface area (Å²) in [6.07, 6.45) is 0.282. The van der Waals surface area contributed by atoms with Gasteiger partial charge in [0.1, 0.15) is 11.2 Å². The molecule has 55 heavy (non-hydrogen) atoms. The van der Waals surface area contributed by atoms with Gasteiger partial charge in [0.2, 0.25) is 5.91 Å². The second-order valence-electron chi connectivity index (χ2n) is 16.3. The molecular formula is C39H56F3N7O5S. The van der Waals surface area contributed by atoms with E-state index in [-0.39, 0.29) is 56.8 Å². The number of alkyl halides is 3. The Kier molecular flexibility index (Phi) is 13.6. The monoisotopic (exact) mass is 791 g/mol. The van der Waals surface area contributed by atoms with E-state index in [2.05, 4.69) is 15.2 Å². The maximum Gasteiger partial charge on any atom is 0.418 e. The van der Waals surface area contributed by atoms with Crippen LogP contribution in [0.25, 0.3) is 0 Å². The van der Waals surface area contributed by atoms with Crippen LogP contribution in [-0.4, -0.2) is 127 Å². The summed E-state index contributed by atoms with van der Waals surface area (Å²) < 4.78 is 53.6. The second kappa shape index (κ2) is 17.8. The molecule has 16 heteroatoms. The average molecular weight is 792 g/mol. The number of aromatic nitrogens is 1. The number of rotatable bonds is 9. The number of likely N-dealkylation sites (tertiary alicyclic amines) is 1. The third-order valence-electron chi connectivity index (χ3n) is 9.72. The van der Waals surface area contributed by atoms with Gasteiger partial charge in [0.05, 0.1) is 17.4 Å². The highest BCUT2D eigenvalue weighted by molar-refractivity contribution is 7.99. The van der Waals surface area contributed by atoms with E-state index in [1.807, 2.05) is 37.9 Å². The molecule has 3 amide bonds. The molecule has 304 valence electrons. The number of thioether (sulfide) groups is 1. The van der Waals surface area contributed by atoms with Crippen LogP contribution < -0.4 is 15.1 Å². The Morgan fingerprint density at radius 3 is 1.84 bits per heavy atom. The second-order valence-corrected chi connectivity index (χ2v) is 17.4. The van der Waals surface area contributed by atoms with Crippen LogP contribution in [0.1, 0.15) is 66.4 Å². The van der Waals surface area contributed by atoms with E-state index in [9.17, 15) is 27.6 Å². The van der Waals surface area contributed by atoms with Crippen LogP contribution in [0.15, 0.2) is 41.6 Å². The molecule has 0 atom stereocenters. The highest BCUT2D eigenvalue weighted by Crippen LogP contribution is 2.39. The van der Waals surface area contributed by atoms with Gasteiger partial charge in [-0.1, -0.05) is 0 Å². The van der Waals surface area contributed by atoms with E-state index in [1.165, 1.54) is 11.0 Å². The molecule has 0 saturated carbocycles. The van der Waals surface area contributed by atoms with Crippen molar-refractivity contribution in [3.63, 3.8) is 0 Å². The number of hydrogen-bond acceptors (Lipinski definition) is 10. The van der Waals surface area contributed by atoms with Crippen molar-refractivity contribution in [2.24, 2.45) is 5.92 Å². The number of hydrogen-bond donors (Lipinski definition) is 1. The molecule has 0 bridgehead atoms. The number of benzene rings is 1. The highest BCUT2D eigenvalue weighted by atomic mass is 32.2. The molecule has 3 fully saturated rings. The smallest absolute Gasteiger partial charge is 0.418 e. The summed E-state index contributed by atoms with van der Waals surface area (Å²) >= 11 is 1.79. The molecule has 2 aromatic rings. The number of nitrogens with zero attached hydrogens (tertiary/aromatic N) is 6. The zero-order valence-corrected chi connectivity index (χ0v) is 33.7. The van der Waals surface area contributed by atoms with Crippen molar-refractivity contribution in [2.75, 3.05) is 92.9 Å². The zero-order chi connectivity index (χ0) is 40.0. The highest BCUT2D eigenvalue weighted by Gasteiger charge is 2.37. The van der Waals surface area contributed by atoms with Gasteiger partial charge in [0.25, 0.3) is 0 Å². The lowest BCUT2D eigenvalue weighted by Crippen LogP contribution is -2.50. The van der Waals surface area contributed by atoms with Gasteiger partial charge >= 0.3 is 18.4 Å². The van der Waals surface area contributed by atoms with Crippen LogP contribution >= 0.6 is 11.8 Å². The molecular weight excluding hydrogens is 736 g/mol. The summed E-state index contributed by atoms with van der Waals surface area (Å²) in [5, 5.41) is 3.02. The van der Waals surface area contributed by atoms with E-state index in [4.69, 9.17) is 9.47 Å². The van der Waals surface area contributed by atoms with Gasteiger partial charge in [-0.05, 0) is 84.6 Å². The van der Waals surface area contributed by atoms with Gasteiger partial charge in [-0.2, -0.15) is 13.2 Å². The molecule has 0 spiro atoms. The van der Waals surface area contributed by atoms with Crippen LogP contribution in [0.4, 0.5) is 39.8 Å². The minimum absolute atomic E-state index is 0.0175. The maximum atomic E-state index is 14.2. The van der Waals surface area contributed by atoms with Crippen molar-refractivity contribution >= 4 is 46.9 Å². The Balaban J connectivity index is 1.05. The molecule has 0 unspecified atom stereocenters. The van der Waals surface area contributed by atoms with E-state index in [1.54, 1.807) is 54.6 Å². The SMILES string of the molecule is CC(C)(C)OC(=O)N1CCN(c2cnccc2SCC2CCN(C(=O)CCNc3ccc(N4CCN(C(=O)OC(C)(C)C)CC4)c(C(F)(F)F)c3)CC2)CC1. The lowest BCUT2D eigenvalue weighted by Gasteiger charge is -2.37. The first-order valence-corrected chi connectivity index (χ1v) is 20.1. The molecule has 3 aliphatic rings. The van der Waals surface area contributed by atoms with Gasteiger partial charge in [0, 0.05) is 107 Å². The Morgan fingerprint density at radius 2 is 1.31 bits per heavy atom. The lowest BCUT2D eigenvalue weighted by molar-refractivity contribution is -0.137.